The van der Waals surface area contributed by atoms with Crippen LogP contribution in [-0.2, 0) is 0 Å². The highest BCUT2D eigenvalue weighted by molar-refractivity contribution is 4.82. The summed E-state index contributed by atoms with van der Waals surface area (Å²) in [7, 11) is 0. The molecule has 0 atom stereocenters. The van der Waals surface area contributed by atoms with Gasteiger partial charge < -0.3 is 0 Å². The Kier molecular flexibility index (Phi) is 21.1. The zero-order chi connectivity index (χ0) is 16.8. The summed E-state index contributed by atoms with van der Waals surface area (Å²) in [6.45, 7) is 2.29. The van der Waals surface area contributed by atoms with Crippen LogP contribution in [0.1, 0.15) is 135 Å². The molecule has 23 heavy (non-hydrogen) atoms. The van der Waals surface area contributed by atoms with Crippen molar-refractivity contribution in [3.63, 3.8) is 0 Å². The van der Waals surface area contributed by atoms with Crippen LogP contribution in [0.15, 0.2) is 0 Å². The van der Waals surface area contributed by atoms with Crippen LogP contribution in [0.2, 0.25) is 0 Å². The topological polar surface area (TPSA) is 0 Å². The van der Waals surface area contributed by atoms with E-state index in [4.69, 9.17) is 6.42 Å². The van der Waals surface area contributed by atoms with E-state index in [2.05, 4.69) is 12.8 Å². The van der Waals surface area contributed by atoms with E-state index in [9.17, 15) is 0 Å². The van der Waals surface area contributed by atoms with Crippen molar-refractivity contribution in [3.8, 4) is 12.3 Å². The minimum absolute atomic E-state index is 0.971. The predicted molar refractivity (Wildman–Crippen MR) is 107 cm³/mol. The predicted octanol–water partition coefficient (Wildman–Crippen LogP) is 8.44. The molecule has 0 rings (SSSR count). The zero-order valence-corrected chi connectivity index (χ0v) is 16.2. The first-order valence-corrected chi connectivity index (χ1v) is 10.8. The second-order valence-electron chi connectivity index (χ2n) is 7.32. The first-order chi connectivity index (χ1) is 11.4. The fourth-order valence-corrected chi connectivity index (χ4v) is 3.31. The van der Waals surface area contributed by atoms with Crippen molar-refractivity contribution in [2.75, 3.05) is 0 Å². The van der Waals surface area contributed by atoms with Gasteiger partial charge in [0.05, 0.1) is 0 Å². The maximum Gasteiger partial charge on any atom is 0.00860 e. The van der Waals surface area contributed by atoms with E-state index in [1.165, 1.54) is 122 Å². The molecule has 0 saturated heterocycles. The Labute approximate surface area is 148 Å². The molecule has 0 aliphatic carbocycles. The first kappa shape index (κ1) is 22.6. The summed E-state index contributed by atoms with van der Waals surface area (Å²) < 4.78 is 0. The molecule has 136 valence electrons. The SMILES string of the molecule is C#CCCCCCCCCCCCCCCCCCCCCC. The molecule has 0 aromatic heterocycles. The summed E-state index contributed by atoms with van der Waals surface area (Å²) >= 11 is 0. The molecule has 0 unspecified atom stereocenters. The number of terminal acetylenes is 1. The van der Waals surface area contributed by atoms with Crippen LogP contribution in [0.5, 0.6) is 0 Å². The molecule has 0 saturated carbocycles. The summed E-state index contributed by atoms with van der Waals surface area (Å²) in [5.74, 6) is 2.72. The summed E-state index contributed by atoms with van der Waals surface area (Å²) in [4.78, 5) is 0. The van der Waals surface area contributed by atoms with Gasteiger partial charge in [0.25, 0.3) is 0 Å². The third kappa shape index (κ3) is 21.6. The van der Waals surface area contributed by atoms with Gasteiger partial charge in [-0.15, -0.1) is 12.3 Å². The summed E-state index contributed by atoms with van der Waals surface area (Å²) in [5, 5.41) is 0. The van der Waals surface area contributed by atoms with Gasteiger partial charge in [0, 0.05) is 6.42 Å². The van der Waals surface area contributed by atoms with Gasteiger partial charge in [-0.25, -0.2) is 0 Å². The highest BCUT2D eigenvalue weighted by Gasteiger charge is 1.95. The smallest absolute Gasteiger partial charge is 0.00860 e. The third-order valence-corrected chi connectivity index (χ3v) is 4.92. The van der Waals surface area contributed by atoms with Gasteiger partial charge in [0.15, 0.2) is 0 Å². The maximum absolute atomic E-state index is 5.26. The van der Waals surface area contributed by atoms with Gasteiger partial charge in [-0.05, 0) is 6.42 Å². The fraction of sp³-hybridized carbons (Fsp3) is 0.913. The molecule has 0 heteroatoms. The molecule has 0 nitrogen and oxygen atoms in total. The molecule has 0 spiro atoms. The highest BCUT2D eigenvalue weighted by atomic mass is 14.0. The standard InChI is InChI=1S/C23H44/c1-3-5-7-9-11-13-15-17-19-21-23-22-20-18-16-14-12-10-8-6-4-2/h1H,4-23H2,2H3. The van der Waals surface area contributed by atoms with Gasteiger partial charge in [-0.1, -0.05) is 122 Å². The Bertz CT molecular complexity index is 235. The normalized spacial score (nSPS) is 10.8. The van der Waals surface area contributed by atoms with E-state index in [1.54, 1.807) is 0 Å². The van der Waals surface area contributed by atoms with Crippen molar-refractivity contribution in [1.82, 2.24) is 0 Å². The van der Waals surface area contributed by atoms with E-state index in [0.29, 0.717) is 0 Å². The van der Waals surface area contributed by atoms with Crippen molar-refractivity contribution in [2.24, 2.45) is 0 Å². The molecule has 0 aromatic carbocycles. The summed E-state index contributed by atoms with van der Waals surface area (Å²) in [5.41, 5.74) is 0. The second-order valence-corrected chi connectivity index (χ2v) is 7.32. The number of hydrogen-bond donors (Lipinski definition) is 0. The van der Waals surface area contributed by atoms with Crippen LogP contribution in [-0.4, -0.2) is 0 Å². The van der Waals surface area contributed by atoms with E-state index >= 15 is 0 Å². The van der Waals surface area contributed by atoms with Crippen LogP contribution < -0.4 is 0 Å². The molecule has 0 aliphatic heterocycles. The van der Waals surface area contributed by atoms with E-state index in [-0.39, 0.29) is 0 Å². The van der Waals surface area contributed by atoms with Crippen LogP contribution in [0, 0.1) is 12.3 Å². The van der Waals surface area contributed by atoms with Crippen molar-refractivity contribution in [2.45, 2.75) is 135 Å². The number of unbranched alkanes of at least 4 members (excludes halogenated alkanes) is 19. The van der Waals surface area contributed by atoms with Crippen LogP contribution in [0.3, 0.4) is 0 Å². The van der Waals surface area contributed by atoms with E-state index in [1.807, 2.05) is 0 Å². The van der Waals surface area contributed by atoms with Crippen molar-refractivity contribution in [1.29, 1.82) is 0 Å². The van der Waals surface area contributed by atoms with Gasteiger partial charge in [-0.2, -0.15) is 0 Å². The summed E-state index contributed by atoms with van der Waals surface area (Å²) in [6.07, 6.45) is 33.5. The lowest BCUT2D eigenvalue weighted by Crippen LogP contribution is -1.84. The van der Waals surface area contributed by atoms with Crippen molar-refractivity contribution >= 4 is 0 Å². The minimum Gasteiger partial charge on any atom is -0.120 e. The monoisotopic (exact) mass is 320 g/mol. The van der Waals surface area contributed by atoms with E-state index < -0.39 is 0 Å². The molecule has 0 bridgehead atoms. The molecule has 0 radical (unpaired) electrons. The lowest BCUT2D eigenvalue weighted by Gasteiger charge is -2.03. The molecule has 0 aliphatic rings. The summed E-state index contributed by atoms with van der Waals surface area (Å²) in [6, 6.07) is 0. The lowest BCUT2D eigenvalue weighted by atomic mass is 10.0. The fourth-order valence-electron chi connectivity index (χ4n) is 3.31. The first-order valence-electron chi connectivity index (χ1n) is 10.8. The molecule has 0 N–H and O–H groups in total. The van der Waals surface area contributed by atoms with Gasteiger partial charge >= 0.3 is 0 Å². The van der Waals surface area contributed by atoms with E-state index in [0.717, 1.165) is 6.42 Å². The average molecular weight is 321 g/mol. The zero-order valence-electron chi connectivity index (χ0n) is 16.2. The second kappa shape index (κ2) is 21.6. The quantitative estimate of drug-likeness (QED) is 0.165. The Morgan fingerprint density at radius 2 is 0.696 bits per heavy atom. The number of hydrogen-bond acceptors (Lipinski definition) is 0. The van der Waals surface area contributed by atoms with Crippen LogP contribution >= 0.6 is 0 Å². The van der Waals surface area contributed by atoms with Crippen molar-refractivity contribution in [3.05, 3.63) is 0 Å². The largest absolute Gasteiger partial charge is 0.120 e. The highest BCUT2D eigenvalue weighted by Crippen LogP contribution is 2.14. The van der Waals surface area contributed by atoms with Gasteiger partial charge in [0.2, 0.25) is 0 Å². The average Bonchev–Trinajstić information content (AvgIpc) is 2.57. The Hall–Kier alpha value is -0.440. The Morgan fingerprint density at radius 3 is 0.957 bits per heavy atom. The molecule has 0 fully saturated rings. The Morgan fingerprint density at radius 1 is 0.435 bits per heavy atom. The minimum atomic E-state index is 0.971. The number of rotatable bonds is 19. The van der Waals surface area contributed by atoms with Gasteiger partial charge in [0.1, 0.15) is 0 Å². The molecule has 0 amide bonds. The maximum atomic E-state index is 5.26. The van der Waals surface area contributed by atoms with Crippen molar-refractivity contribution < 1.29 is 0 Å². The Balaban J connectivity index is 2.94. The van der Waals surface area contributed by atoms with Crippen LogP contribution in [0.25, 0.3) is 0 Å². The van der Waals surface area contributed by atoms with Crippen LogP contribution in [0.4, 0.5) is 0 Å². The molecule has 0 heterocycles. The lowest BCUT2D eigenvalue weighted by molar-refractivity contribution is 0.524. The third-order valence-electron chi connectivity index (χ3n) is 4.92. The molecule has 0 aromatic rings. The molecular formula is C23H44. The molecular weight excluding hydrogens is 276 g/mol. The van der Waals surface area contributed by atoms with Gasteiger partial charge in [-0.3, -0.25) is 0 Å².